The number of nitrogens with one attached hydrogen (secondary N) is 1. The van der Waals surface area contributed by atoms with Crippen LogP contribution in [0.5, 0.6) is 5.75 Å². The minimum Gasteiger partial charge on any atom is -0.491 e. The Bertz CT molecular complexity index is 750. The van der Waals surface area contributed by atoms with E-state index in [1.54, 1.807) is 0 Å². The minimum absolute atomic E-state index is 0.00490. The number of nitrogens with zero attached hydrogens (tertiary/aromatic N) is 1. The van der Waals surface area contributed by atoms with Crippen LogP contribution in [-0.4, -0.2) is 50.4 Å². The highest BCUT2D eigenvalue weighted by Gasteiger charge is 2.42. The van der Waals surface area contributed by atoms with E-state index in [4.69, 9.17) is 9.47 Å². The summed E-state index contributed by atoms with van der Waals surface area (Å²) in [6.45, 7) is 4.21. The molecule has 2 fully saturated rings. The molecule has 2 saturated heterocycles. The highest BCUT2D eigenvalue weighted by Crippen LogP contribution is 2.38. The van der Waals surface area contributed by atoms with E-state index in [2.05, 4.69) is 23.5 Å². The van der Waals surface area contributed by atoms with Gasteiger partial charge < -0.3 is 19.7 Å². The van der Waals surface area contributed by atoms with Crippen LogP contribution in [0.25, 0.3) is 10.8 Å². The molecule has 1 unspecified atom stereocenters. The predicted molar refractivity (Wildman–Crippen MR) is 96.9 cm³/mol. The van der Waals surface area contributed by atoms with Crippen LogP contribution in [0.4, 0.5) is 4.79 Å². The van der Waals surface area contributed by atoms with E-state index in [-0.39, 0.29) is 11.4 Å². The number of urea groups is 1. The van der Waals surface area contributed by atoms with Crippen LogP contribution >= 0.6 is 0 Å². The first-order chi connectivity index (χ1) is 12.3. The van der Waals surface area contributed by atoms with Crippen LogP contribution in [0.2, 0.25) is 0 Å². The normalized spacial score (nSPS) is 22.6. The fourth-order valence-corrected chi connectivity index (χ4v) is 3.83. The van der Waals surface area contributed by atoms with Gasteiger partial charge in [-0.3, -0.25) is 0 Å². The van der Waals surface area contributed by atoms with E-state index in [0.29, 0.717) is 13.2 Å². The van der Waals surface area contributed by atoms with E-state index in [0.717, 1.165) is 55.7 Å². The maximum atomic E-state index is 12.3. The molecule has 0 aliphatic carbocycles. The second kappa shape index (κ2) is 6.92. The topological polar surface area (TPSA) is 50.8 Å². The van der Waals surface area contributed by atoms with Gasteiger partial charge in [0, 0.05) is 30.5 Å². The maximum absolute atomic E-state index is 12.3. The van der Waals surface area contributed by atoms with Crippen molar-refractivity contribution in [3.8, 4) is 5.75 Å². The van der Waals surface area contributed by atoms with Gasteiger partial charge in [0.1, 0.15) is 12.4 Å². The number of amides is 2. The van der Waals surface area contributed by atoms with Gasteiger partial charge in [0.2, 0.25) is 0 Å². The van der Waals surface area contributed by atoms with Gasteiger partial charge in [0.05, 0.1) is 13.2 Å². The highest BCUT2D eigenvalue weighted by atomic mass is 16.5. The Morgan fingerprint density at radius 3 is 2.96 bits per heavy atom. The zero-order chi connectivity index (χ0) is 17.1. The number of hydrogen-bond acceptors (Lipinski definition) is 3. The number of ether oxygens (including phenoxy) is 2. The van der Waals surface area contributed by atoms with Crippen molar-refractivity contribution in [2.24, 2.45) is 5.41 Å². The third kappa shape index (κ3) is 3.42. The summed E-state index contributed by atoms with van der Waals surface area (Å²) >= 11 is 0. The summed E-state index contributed by atoms with van der Waals surface area (Å²) in [4.78, 5) is 14.2. The molecule has 2 aliphatic heterocycles. The van der Waals surface area contributed by atoms with Crippen molar-refractivity contribution in [1.82, 2.24) is 10.2 Å². The van der Waals surface area contributed by atoms with Gasteiger partial charge in [0.15, 0.2) is 0 Å². The van der Waals surface area contributed by atoms with Crippen molar-refractivity contribution in [2.75, 3.05) is 39.5 Å². The Balaban J connectivity index is 1.26. The summed E-state index contributed by atoms with van der Waals surface area (Å²) in [7, 11) is 0. The lowest BCUT2D eigenvalue weighted by molar-refractivity contribution is 0.152. The van der Waals surface area contributed by atoms with E-state index in [1.807, 2.05) is 29.2 Å². The molecule has 1 spiro atoms. The van der Waals surface area contributed by atoms with Gasteiger partial charge in [-0.25, -0.2) is 4.79 Å². The van der Waals surface area contributed by atoms with Crippen LogP contribution < -0.4 is 10.1 Å². The van der Waals surface area contributed by atoms with Crippen LogP contribution in [0.1, 0.15) is 12.8 Å². The molecule has 5 heteroatoms. The molecule has 0 radical (unpaired) electrons. The van der Waals surface area contributed by atoms with Crippen molar-refractivity contribution >= 4 is 16.8 Å². The molecule has 0 bridgehead atoms. The minimum atomic E-state index is 0.00490. The zero-order valence-corrected chi connectivity index (χ0v) is 14.4. The molecule has 5 nitrogen and oxygen atoms in total. The van der Waals surface area contributed by atoms with Crippen LogP contribution in [0.3, 0.4) is 0 Å². The third-order valence-corrected chi connectivity index (χ3v) is 5.30. The van der Waals surface area contributed by atoms with Crippen molar-refractivity contribution in [3.05, 3.63) is 42.5 Å². The molecule has 25 heavy (non-hydrogen) atoms. The van der Waals surface area contributed by atoms with Crippen molar-refractivity contribution < 1.29 is 14.3 Å². The first-order valence-electron chi connectivity index (χ1n) is 8.97. The molecular formula is C20H24N2O3. The van der Waals surface area contributed by atoms with Crippen LogP contribution in [-0.2, 0) is 4.74 Å². The number of carbonyl (C=O) groups is 1. The summed E-state index contributed by atoms with van der Waals surface area (Å²) in [6, 6.07) is 14.2. The molecule has 2 aromatic rings. The van der Waals surface area contributed by atoms with Gasteiger partial charge in [-0.1, -0.05) is 36.4 Å². The molecule has 0 aromatic heterocycles. The van der Waals surface area contributed by atoms with E-state index >= 15 is 0 Å². The molecule has 132 valence electrons. The number of likely N-dealkylation sites (tertiary alicyclic amines) is 1. The molecule has 0 saturated carbocycles. The fourth-order valence-electron chi connectivity index (χ4n) is 3.83. The lowest BCUT2D eigenvalue weighted by atomic mass is 9.87. The molecule has 2 aromatic carbocycles. The van der Waals surface area contributed by atoms with Gasteiger partial charge >= 0.3 is 6.03 Å². The van der Waals surface area contributed by atoms with E-state index in [1.165, 1.54) is 0 Å². The zero-order valence-electron chi connectivity index (χ0n) is 14.4. The van der Waals surface area contributed by atoms with Crippen molar-refractivity contribution in [2.45, 2.75) is 12.8 Å². The van der Waals surface area contributed by atoms with Crippen molar-refractivity contribution in [1.29, 1.82) is 0 Å². The Labute approximate surface area is 147 Å². The Morgan fingerprint density at radius 2 is 2.08 bits per heavy atom. The number of benzene rings is 2. The quantitative estimate of drug-likeness (QED) is 0.871. The molecule has 2 aliphatic rings. The Kier molecular flexibility index (Phi) is 4.49. The first-order valence-corrected chi connectivity index (χ1v) is 8.97. The SMILES string of the molecule is O=C(NCCOc1cccc2ccccc12)N1CCC2(CCOC2)C1. The summed E-state index contributed by atoms with van der Waals surface area (Å²) in [5, 5.41) is 5.22. The fraction of sp³-hybridized carbons (Fsp3) is 0.450. The molecule has 1 atom stereocenters. The summed E-state index contributed by atoms with van der Waals surface area (Å²) in [5.74, 6) is 0.857. The number of fused-ring (bicyclic) bond motifs is 1. The second-order valence-corrected chi connectivity index (χ2v) is 7.03. The molecule has 2 heterocycles. The van der Waals surface area contributed by atoms with Crippen molar-refractivity contribution in [3.63, 3.8) is 0 Å². The van der Waals surface area contributed by atoms with E-state index in [9.17, 15) is 4.79 Å². The first kappa shape index (κ1) is 16.2. The lowest BCUT2D eigenvalue weighted by Crippen LogP contribution is -2.41. The standard InChI is InChI=1S/C20H24N2O3/c23-19(22-11-8-20(14-22)9-12-24-15-20)21-10-13-25-18-7-3-5-16-4-1-2-6-17(16)18/h1-7H,8-15H2,(H,21,23). The predicted octanol–water partition coefficient (Wildman–Crippen LogP) is 3.04. The monoisotopic (exact) mass is 340 g/mol. The largest absolute Gasteiger partial charge is 0.491 e. The number of carbonyl (C=O) groups excluding carboxylic acids is 1. The second-order valence-electron chi connectivity index (χ2n) is 7.03. The lowest BCUT2D eigenvalue weighted by Gasteiger charge is -2.22. The Hall–Kier alpha value is -2.27. The maximum Gasteiger partial charge on any atom is 0.317 e. The van der Waals surface area contributed by atoms with Gasteiger partial charge in [-0.05, 0) is 24.3 Å². The van der Waals surface area contributed by atoms with Gasteiger partial charge in [-0.15, -0.1) is 0 Å². The van der Waals surface area contributed by atoms with E-state index < -0.39 is 0 Å². The number of hydrogen-bond donors (Lipinski definition) is 1. The molecule has 4 rings (SSSR count). The van der Waals surface area contributed by atoms with Crippen LogP contribution in [0, 0.1) is 5.41 Å². The summed E-state index contributed by atoms with van der Waals surface area (Å²) < 4.78 is 11.4. The smallest absolute Gasteiger partial charge is 0.317 e. The average Bonchev–Trinajstić information content (AvgIpc) is 3.29. The Morgan fingerprint density at radius 1 is 1.20 bits per heavy atom. The summed E-state index contributed by atoms with van der Waals surface area (Å²) in [6.07, 6.45) is 2.12. The molecular weight excluding hydrogens is 316 g/mol. The van der Waals surface area contributed by atoms with Gasteiger partial charge in [-0.2, -0.15) is 0 Å². The third-order valence-electron chi connectivity index (χ3n) is 5.30. The van der Waals surface area contributed by atoms with Crippen LogP contribution in [0.15, 0.2) is 42.5 Å². The highest BCUT2D eigenvalue weighted by molar-refractivity contribution is 5.88. The average molecular weight is 340 g/mol. The summed E-state index contributed by atoms with van der Waals surface area (Å²) in [5.41, 5.74) is 0.205. The van der Waals surface area contributed by atoms with Gasteiger partial charge in [0.25, 0.3) is 0 Å². The molecule has 1 N–H and O–H groups in total. The number of rotatable bonds is 4. The molecule has 2 amide bonds.